The van der Waals surface area contributed by atoms with Crippen LogP contribution in [0.25, 0.3) is 0 Å². The summed E-state index contributed by atoms with van der Waals surface area (Å²) in [6, 6.07) is 7.44. The molecule has 2 aromatic rings. The van der Waals surface area contributed by atoms with Gasteiger partial charge in [0.05, 0.1) is 10.6 Å². The van der Waals surface area contributed by atoms with Gasteiger partial charge in [-0.25, -0.2) is 4.39 Å². The highest BCUT2D eigenvalue weighted by molar-refractivity contribution is 6.30. The smallest absolute Gasteiger partial charge is 0.258 e. The first-order valence-electron chi connectivity index (χ1n) is 6.74. The number of carbonyl (C=O) groups excluding carboxylic acids is 1. The molecule has 2 N–H and O–H groups in total. The first-order chi connectivity index (χ1) is 10.5. The molecule has 0 atom stereocenters. The third kappa shape index (κ3) is 2.48. The predicted molar refractivity (Wildman–Crippen MR) is 79.6 cm³/mol. The Morgan fingerprint density at radius 3 is 2.73 bits per heavy atom. The number of aromatic hydroxyl groups is 2. The van der Waals surface area contributed by atoms with E-state index in [1.807, 2.05) is 0 Å². The molecule has 114 valence electrons. The number of fused-ring (bicyclic) bond motifs is 1. The summed E-state index contributed by atoms with van der Waals surface area (Å²) in [5.41, 5.74) is 1.65. The number of hydrogen-bond acceptors (Lipinski definition) is 3. The Morgan fingerprint density at radius 2 is 2.00 bits per heavy atom. The number of hydrogen-bond donors (Lipinski definition) is 2. The van der Waals surface area contributed by atoms with Crippen molar-refractivity contribution in [3.8, 4) is 11.5 Å². The molecular formula is C16H13ClFNO3. The van der Waals surface area contributed by atoms with E-state index in [9.17, 15) is 19.4 Å². The zero-order valence-corrected chi connectivity index (χ0v) is 12.3. The lowest BCUT2D eigenvalue weighted by Gasteiger charge is -2.15. The van der Waals surface area contributed by atoms with E-state index in [0.29, 0.717) is 25.1 Å². The van der Waals surface area contributed by atoms with Gasteiger partial charge in [-0.3, -0.25) is 4.79 Å². The highest BCUT2D eigenvalue weighted by atomic mass is 35.5. The van der Waals surface area contributed by atoms with Crippen LogP contribution in [0.4, 0.5) is 4.39 Å². The maximum Gasteiger partial charge on any atom is 0.258 e. The maximum atomic E-state index is 13.1. The third-order valence-corrected chi connectivity index (χ3v) is 4.05. The van der Waals surface area contributed by atoms with Gasteiger partial charge in [0.15, 0.2) is 11.5 Å². The molecule has 1 aliphatic rings. The van der Waals surface area contributed by atoms with E-state index in [1.165, 1.54) is 18.2 Å². The maximum absolute atomic E-state index is 13.1. The molecule has 1 amide bonds. The van der Waals surface area contributed by atoms with Crippen LogP contribution in [0.15, 0.2) is 30.3 Å². The van der Waals surface area contributed by atoms with E-state index in [4.69, 9.17) is 11.6 Å². The Hall–Kier alpha value is -2.27. The van der Waals surface area contributed by atoms with Crippen LogP contribution >= 0.6 is 11.6 Å². The second-order valence-corrected chi connectivity index (χ2v) is 5.60. The fraction of sp³-hybridized carbons (Fsp3) is 0.188. The standard InChI is InChI=1S/C16H13ClFNO3/c17-11-7-9(1-3-12(11)18)5-6-19-8-10-2-4-13(20)15(21)14(10)16(19)22/h1-4,7,20-21H,5-6,8H2. The zero-order valence-electron chi connectivity index (χ0n) is 11.5. The minimum atomic E-state index is -0.476. The van der Waals surface area contributed by atoms with Gasteiger partial charge in [-0.1, -0.05) is 23.7 Å². The van der Waals surface area contributed by atoms with Crippen LogP contribution in [-0.2, 0) is 13.0 Å². The van der Waals surface area contributed by atoms with Crippen LogP contribution in [0.2, 0.25) is 5.02 Å². The number of halogens is 2. The number of amides is 1. The molecule has 4 nitrogen and oxygen atoms in total. The molecule has 3 rings (SSSR count). The molecule has 1 heterocycles. The SMILES string of the molecule is O=C1c2c(ccc(O)c2O)CN1CCc1ccc(F)c(Cl)c1. The van der Waals surface area contributed by atoms with Crippen molar-refractivity contribution in [2.75, 3.05) is 6.54 Å². The van der Waals surface area contributed by atoms with Gasteiger partial charge in [0.25, 0.3) is 5.91 Å². The van der Waals surface area contributed by atoms with Crippen molar-refractivity contribution >= 4 is 17.5 Å². The van der Waals surface area contributed by atoms with Gasteiger partial charge in [-0.15, -0.1) is 0 Å². The average molecular weight is 322 g/mol. The first kappa shape index (κ1) is 14.7. The van der Waals surface area contributed by atoms with Gasteiger partial charge in [-0.05, 0) is 35.7 Å². The average Bonchev–Trinajstić information content (AvgIpc) is 2.81. The van der Waals surface area contributed by atoms with Crippen LogP contribution in [0.1, 0.15) is 21.5 Å². The molecule has 0 bridgehead atoms. The first-order valence-corrected chi connectivity index (χ1v) is 7.12. The lowest BCUT2D eigenvalue weighted by molar-refractivity contribution is 0.0777. The largest absolute Gasteiger partial charge is 0.504 e. The molecule has 0 saturated heterocycles. The van der Waals surface area contributed by atoms with E-state index in [0.717, 1.165) is 5.56 Å². The van der Waals surface area contributed by atoms with E-state index in [-0.39, 0.29) is 28.0 Å². The summed E-state index contributed by atoms with van der Waals surface area (Å²) in [6.07, 6.45) is 0.520. The Morgan fingerprint density at radius 1 is 1.23 bits per heavy atom. The Labute approximate surface area is 131 Å². The monoisotopic (exact) mass is 321 g/mol. The normalized spacial score (nSPS) is 13.5. The van der Waals surface area contributed by atoms with Crippen LogP contribution in [0.5, 0.6) is 11.5 Å². The van der Waals surface area contributed by atoms with Crippen molar-refractivity contribution in [1.82, 2.24) is 4.90 Å². The quantitative estimate of drug-likeness (QED) is 0.854. The second kappa shape index (κ2) is 5.50. The van der Waals surface area contributed by atoms with Crippen LogP contribution < -0.4 is 0 Å². The fourth-order valence-corrected chi connectivity index (χ4v) is 2.77. The Bertz CT molecular complexity index is 763. The van der Waals surface area contributed by atoms with Gasteiger partial charge in [0, 0.05) is 13.1 Å². The van der Waals surface area contributed by atoms with Gasteiger partial charge < -0.3 is 15.1 Å². The molecule has 2 aromatic carbocycles. The van der Waals surface area contributed by atoms with Crippen molar-refractivity contribution in [2.45, 2.75) is 13.0 Å². The summed E-state index contributed by atoms with van der Waals surface area (Å²) in [4.78, 5) is 13.9. The summed E-state index contributed by atoms with van der Waals surface area (Å²) < 4.78 is 13.1. The van der Waals surface area contributed by atoms with Crippen molar-refractivity contribution in [3.63, 3.8) is 0 Å². The predicted octanol–water partition coefficient (Wildman–Crippen LogP) is 3.09. The lowest BCUT2D eigenvalue weighted by Crippen LogP contribution is -2.26. The van der Waals surface area contributed by atoms with E-state index in [2.05, 4.69) is 0 Å². The highest BCUT2D eigenvalue weighted by Gasteiger charge is 2.31. The van der Waals surface area contributed by atoms with Crippen molar-refractivity contribution < 1.29 is 19.4 Å². The number of phenolic OH excluding ortho intramolecular Hbond substituents is 2. The molecule has 0 aromatic heterocycles. The van der Waals surface area contributed by atoms with E-state index < -0.39 is 5.82 Å². The topological polar surface area (TPSA) is 60.8 Å². The van der Waals surface area contributed by atoms with Gasteiger partial charge in [-0.2, -0.15) is 0 Å². The van der Waals surface area contributed by atoms with Crippen molar-refractivity contribution in [2.24, 2.45) is 0 Å². The molecule has 22 heavy (non-hydrogen) atoms. The summed E-state index contributed by atoms with van der Waals surface area (Å²) in [7, 11) is 0. The summed E-state index contributed by atoms with van der Waals surface area (Å²) in [5, 5.41) is 19.3. The summed E-state index contributed by atoms with van der Waals surface area (Å²) in [5.74, 6) is -1.49. The molecule has 0 radical (unpaired) electrons. The van der Waals surface area contributed by atoms with Gasteiger partial charge in [0.1, 0.15) is 5.82 Å². The lowest BCUT2D eigenvalue weighted by atomic mass is 10.1. The second-order valence-electron chi connectivity index (χ2n) is 5.19. The highest BCUT2D eigenvalue weighted by Crippen LogP contribution is 2.36. The number of carbonyl (C=O) groups is 1. The third-order valence-electron chi connectivity index (χ3n) is 3.76. The van der Waals surface area contributed by atoms with Crippen molar-refractivity contribution in [3.05, 3.63) is 57.9 Å². The van der Waals surface area contributed by atoms with Gasteiger partial charge in [0.2, 0.25) is 0 Å². The number of benzene rings is 2. The molecule has 0 aliphatic carbocycles. The number of nitrogens with zero attached hydrogens (tertiary/aromatic N) is 1. The molecule has 0 unspecified atom stereocenters. The van der Waals surface area contributed by atoms with Crippen molar-refractivity contribution in [1.29, 1.82) is 0 Å². The van der Waals surface area contributed by atoms with Crippen LogP contribution in [-0.4, -0.2) is 27.6 Å². The molecule has 0 fully saturated rings. The minimum Gasteiger partial charge on any atom is -0.504 e. The Kier molecular flexibility index (Phi) is 3.66. The zero-order chi connectivity index (χ0) is 15.9. The van der Waals surface area contributed by atoms with Gasteiger partial charge >= 0.3 is 0 Å². The molecule has 6 heteroatoms. The Balaban J connectivity index is 1.74. The van der Waals surface area contributed by atoms with E-state index >= 15 is 0 Å². The molecule has 0 spiro atoms. The van der Waals surface area contributed by atoms with Crippen LogP contribution in [0, 0.1) is 5.82 Å². The van der Waals surface area contributed by atoms with E-state index in [1.54, 1.807) is 17.0 Å². The fourth-order valence-electron chi connectivity index (χ4n) is 2.57. The van der Waals surface area contributed by atoms with Crippen LogP contribution in [0.3, 0.4) is 0 Å². The minimum absolute atomic E-state index is 0.0519. The summed E-state index contributed by atoms with van der Waals surface area (Å²) >= 11 is 5.73. The summed E-state index contributed by atoms with van der Waals surface area (Å²) in [6.45, 7) is 0.784. The molecule has 0 saturated carbocycles. The molecular weight excluding hydrogens is 309 g/mol. The number of rotatable bonds is 3. The number of phenols is 2. The molecule has 1 aliphatic heterocycles.